The Balaban J connectivity index is 1.93. The Labute approximate surface area is 137 Å². The number of carbonyl (C=O) groups is 3. The number of hydrogen-bond acceptors (Lipinski definition) is 4. The third kappa shape index (κ3) is 2.41. The Kier molecular flexibility index (Phi) is 3.89. The number of carboxylic acid groups (broad SMARTS) is 1. The molecule has 7 heteroatoms. The summed E-state index contributed by atoms with van der Waals surface area (Å²) in [6, 6.07) is 7.27. The van der Waals surface area contributed by atoms with E-state index in [9.17, 15) is 19.5 Å². The minimum absolute atomic E-state index is 0.244. The molecule has 2 fully saturated rings. The second-order valence-electron chi connectivity index (χ2n) is 5.52. The van der Waals surface area contributed by atoms with Gasteiger partial charge in [0.25, 0.3) is 5.91 Å². The number of amides is 2. The van der Waals surface area contributed by atoms with Gasteiger partial charge in [-0.3, -0.25) is 14.5 Å². The monoisotopic (exact) mass is 332 g/mol. The zero-order valence-corrected chi connectivity index (χ0v) is 13.3. The van der Waals surface area contributed by atoms with Crippen molar-refractivity contribution in [3.05, 3.63) is 42.5 Å². The summed E-state index contributed by atoms with van der Waals surface area (Å²) in [4.78, 5) is 38.9. The highest BCUT2D eigenvalue weighted by Gasteiger charge is 2.58. The number of β-lactam (4-membered cyclic amide) rings is 1. The SMILES string of the molecule is C=C1CS[C@@H]2C(N(C(C)=O)c3ccccc3)C(=O)N2C1C(=O)O. The number of hydrogen-bond donors (Lipinski definition) is 1. The predicted molar refractivity (Wildman–Crippen MR) is 87.0 cm³/mol. The molecule has 2 aliphatic heterocycles. The summed E-state index contributed by atoms with van der Waals surface area (Å²) < 4.78 is 0. The Morgan fingerprint density at radius 1 is 1.35 bits per heavy atom. The number of nitrogens with zero attached hydrogens (tertiary/aromatic N) is 2. The summed E-state index contributed by atoms with van der Waals surface area (Å²) in [5.41, 5.74) is 1.13. The van der Waals surface area contributed by atoms with Crippen molar-refractivity contribution in [2.75, 3.05) is 10.7 Å². The van der Waals surface area contributed by atoms with Gasteiger partial charge in [0.2, 0.25) is 5.91 Å². The first-order valence-corrected chi connectivity index (χ1v) is 8.17. The van der Waals surface area contributed by atoms with Gasteiger partial charge in [0.15, 0.2) is 6.04 Å². The van der Waals surface area contributed by atoms with Gasteiger partial charge in [-0.25, -0.2) is 4.79 Å². The van der Waals surface area contributed by atoms with Gasteiger partial charge in [-0.15, -0.1) is 11.8 Å². The molecule has 1 N–H and O–H groups in total. The number of carboxylic acids is 1. The fourth-order valence-electron chi connectivity index (χ4n) is 3.04. The van der Waals surface area contributed by atoms with Gasteiger partial charge in [0.05, 0.1) is 0 Å². The van der Waals surface area contributed by atoms with Gasteiger partial charge in [0.1, 0.15) is 11.4 Å². The fraction of sp³-hybridized carbons (Fsp3) is 0.312. The molecule has 0 aromatic heterocycles. The lowest BCUT2D eigenvalue weighted by Gasteiger charge is -2.55. The molecular weight excluding hydrogens is 316 g/mol. The van der Waals surface area contributed by atoms with Crippen LogP contribution in [0.15, 0.2) is 42.5 Å². The number of anilines is 1. The van der Waals surface area contributed by atoms with Crippen LogP contribution in [0.5, 0.6) is 0 Å². The first-order chi connectivity index (χ1) is 10.9. The maximum Gasteiger partial charge on any atom is 0.330 e. The van der Waals surface area contributed by atoms with E-state index >= 15 is 0 Å². The average molecular weight is 332 g/mol. The van der Waals surface area contributed by atoms with Crippen LogP contribution in [-0.2, 0) is 14.4 Å². The third-order valence-corrected chi connectivity index (χ3v) is 5.41. The summed E-state index contributed by atoms with van der Waals surface area (Å²) in [6.45, 7) is 5.16. The molecule has 2 saturated heterocycles. The lowest BCUT2D eigenvalue weighted by atomic mass is 9.97. The van der Waals surface area contributed by atoms with Crippen LogP contribution < -0.4 is 4.90 Å². The van der Waals surface area contributed by atoms with E-state index in [-0.39, 0.29) is 17.2 Å². The molecule has 0 saturated carbocycles. The minimum Gasteiger partial charge on any atom is -0.479 e. The zero-order chi connectivity index (χ0) is 16.7. The van der Waals surface area contributed by atoms with Crippen LogP contribution in [0.3, 0.4) is 0 Å². The van der Waals surface area contributed by atoms with Crippen LogP contribution in [0, 0.1) is 0 Å². The Bertz CT molecular complexity index is 691. The first-order valence-electron chi connectivity index (χ1n) is 7.12. The maximum absolute atomic E-state index is 12.6. The topological polar surface area (TPSA) is 77.9 Å². The Morgan fingerprint density at radius 2 is 2.00 bits per heavy atom. The summed E-state index contributed by atoms with van der Waals surface area (Å²) >= 11 is 1.44. The smallest absolute Gasteiger partial charge is 0.330 e. The molecule has 3 atom stereocenters. The molecule has 6 nitrogen and oxygen atoms in total. The molecule has 3 rings (SSSR count). The molecule has 23 heavy (non-hydrogen) atoms. The molecule has 120 valence electrons. The van der Waals surface area contributed by atoms with Crippen molar-refractivity contribution in [2.45, 2.75) is 24.4 Å². The molecule has 0 aliphatic carbocycles. The number of para-hydroxylation sites is 1. The second kappa shape index (κ2) is 5.73. The molecule has 0 radical (unpaired) electrons. The number of fused-ring (bicyclic) bond motifs is 1. The van der Waals surface area contributed by atoms with Gasteiger partial charge in [-0.2, -0.15) is 0 Å². The highest BCUT2D eigenvalue weighted by atomic mass is 32.2. The van der Waals surface area contributed by atoms with E-state index in [2.05, 4.69) is 6.58 Å². The largest absolute Gasteiger partial charge is 0.479 e. The summed E-state index contributed by atoms with van der Waals surface area (Å²) in [5, 5.41) is 8.99. The van der Waals surface area contributed by atoms with Crippen molar-refractivity contribution < 1.29 is 19.5 Å². The van der Waals surface area contributed by atoms with Crippen molar-refractivity contribution in [2.24, 2.45) is 0 Å². The zero-order valence-electron chi connectivity index (χ0n) is 12.5. The van der Waals surface area contributed by atoms with Crippen LogP contribution in [0.1, 0.15) is 6.92 Å². The van der Waals surface area contributed by atoms with Crippen molar-refractivity contribution in [3.63, 3.8) is 0 Å². The van der Waals surface area contributed by atoms with Gasteiger partial charge >= 0.3 is 5.97 Å². The van der Waals surface area contributed by atoms with Crippen LogP contribution in [0.25, 0.3) is 0 Å². The highest BCUT2D eigenvalue weighted by Crippen LogP contribution is 2.43. The molecule has 2 aliphatic rings. The minimum atomic E-state index is -1.08. The lowest BCUT2D eigenvalue weighted by Crippen LogP contribution is -2.75. The molecule has 1 aromatic carbocycles. The number of aliphatic carboxylic acids is 1. The van der Waals surface area contributed by atoms with Crippen molar-refractivity contribution >= 4 is 35.2 Å². The van der Waals surface area contributed by atoms with Gasteiger partial charge < -0.3 is 10.0 Å². The van der Waals surface area contributed by atoms with E-state index in [0.717, 1.165) is 0 Å². The predicted octanol–water partition coefficient (Wildman–Crippen LogP) is 1.33. The van der Waals surface area contributed by atoms with E-state index in [1.165, 1.54) is 28.5 Å². The van der Waals surface area contributed by atoms with Gasteiger partial charge in [0, 0.05) is 18.4 Å². The molecule has 0 bridgehead atoms. The normalized spacial score (nSPS) is 26.3. The quantitative estimate of drug-likeness (QED) is 0.667. The van der Waals surface area contributed by atoms with Crippen molar-refractivity contribution in [1.29, 1.82) is 0 Å². The number of carbonyl (C=O) groups excluding carboxylic acids is 2. The van der Waals surface area contributed by atoms with Crippen LogP contribution in [0.4, 0.5) is 5.69 Å². The standard InChI is InChI=1S/C16H16N2O4S/c1-9-8-23-15-13(14(20)18(15)12(9)16(21)22)17(10(2)19)11-6-4-3-5-7-11/h3-7,12-13,15H,1,8H2,2H3,(H,21,22)/t12?,13?,15-/m1/s1. The summed E-state index contributed by atoms with van der Waals surface area (Å²) in [5.74, 6) is -1.22. The molecular formula is C16H16N2O4S. The molecule has 2 amide bonds. The van der Waals surface area contributed by atoms with E-state index in [1.807, 2.05) is 6.07 Å². The van der Waals surface area contributed by atoms with Crippen LogP contribution in [-0.4, -0.2) is 51.0 Å². The second-order valence-corrected chi connectivity index (χ2v) is 6.62. The average Bonchev–Trinajstić information content (AvgIpc) is 2.52. The van der Waals surface area contributed by atoms with E-state index in [1.54, 1.807) is 24.3 Å². The van der Waals surface area contributed by atoms with Crippen LogP contribution in [0.2, 0.25) is 0 Å². The van der Waals surface area contributed by atoms with E-state index in [4.69, 9.17) is 0 Å². The highest BCUT2D eigenvalue weighted by molar-refractivity contribution is 8.00. The lowest BCUT2D eigenvalue weighted by molar-refractivity contribution is -0.158. The molecule has 2 heterocycles. The summed E-state index contributed by atoms with van der Waals surface area (Å²) in [7, 11) is 0. The molecule has 2 unspecified atom stereocenters. The molecule has 1 aromatic rings. The molecule has 0 spiro atoms. The van der Waals surface area contributed by atoms with Crippen molar-refractivity contribution in [1.82, 2.24) is 4.90 Å². The van der Waals surface area contributed by atoms with Crippen LogP contribution >= 0.6 is 11.8 Å². The van der Waals surface area contributed by atoms with E-state index < -0.39 is 18.1 Å². The third-order valence-electron chi connectivity index (χ3n) is 4.04. The Hall–Kier alpha value is -2.28. The maximum atomic E-state index is 12.6. The fourth-order valence-corrected chi connectivity index (χ4v) is 4.39. The Morgan fingerprint density at radius 3 is 2.57 bits per heavy atom. The first kappa shape index (κ1) is 15.6. The number of thioether (sulfide) groups is 1. The van der Waals surface area contributed by atoms with E-state index in [0.29, 0.717) is 17.0 Å². The summed E-state index contributed by atoms with van der Waals surface area (Å²) in [6.07, 6.45) is 0. The van der Waals surface area contributed by atoms with Gasteiger partial charge in [-0.05, 0) is 17.7 Å². The number of rotatable bonds is 3. The number of benzene rings is 1. The van der Waals surface area contributed by atoms with Crippen molar-refractivity contribution in [3.8, 4) is 0 Å². The van der Waals surface area contributed by atoms with Gasteiger partial charge in [-0.1, -0.05) is 24.8 Å².